The van der Waals surface area contributed by atoms with Gasteiger partial charge in [0.1, 0.15) is 5.58 Å². The van der Waals surface area contributed by atoms with Crippen LogP contribution in [0.1, 0.15) is 19.4 Å². The van der Waals surface area contributed by atoms with Crippen molar-refractivity contribution in [3.8, 4) is 0 Å². The average Bonchev–Trinajstić information content (AvgIpc) is 2.39. The summed E-state index contributed by atoms with van der Waals surface area (Å²) < 4.78 is 5.09. The molecule has 0 spiro atoms. The molecule has 1 aromatic carbocycles. The van der Waals surface area contributed by atoms with Crippen molar-refractivity contribution in [3.63, 3.8) is 0 Å². The predicted molar refractivity (Wildman–Crippen MR) is 77.4 cm³/mol. The molecule has 0 saturated heterocycles. The smallest absolute Gasteiger partial charge is 0.415 e. The van der Waals surface area contributed by atoms with Crippen molar-refractivity contribution < 1.29 is 9.34 Å². The molecule has 0 aliphatic heterocycles. The molecule has 0 amide bonds. The van der Waals surface area contributed by atoms with E-state index in [1.165, 1.54) is 0 Å². The number of aryl methyl sites for hydroxylation is 1. The van der Waals surface area contributed by atoms with Crippen LogP contribution in [0.25, 0.3) is 11.0 Å². The molecule has 0 aliphatic carbocycles. The van der Waals surface area contributed by atoms with Gasteiger partial charge in [0.2, 0.25) is 0 Å². The summed E-state index contributed by atoms with van der Waals surface area (Å²) in [4.78, 5) is 24.0. The Hall–Kier alpha value is -2.37. The lowest BCUT2D eigenvalue weighted by Gasteiger charge is -2.21. The van der Waals surface area contributed by atoms with Gasteiger partial charge in [-0.1, -0.05) is 0 Å². The van der Waals surface area contributed by atoms with Crippen molar-refractivity contribution in [2.45, 2.75) is 20.8 Å². The van der Waals surface area contributed by atoms with Crippen molar-refractivity contribution in [3.05, 3.63) is 44.3 Å². The Morgan fingerprint density at radius 3 is 2.50 bits per heavy atom. The van der Waals surface area contributed by atoms with Crippen molar-refractivity contribution in [1.82, 2.24) is 0 Å². The third-order valence-electron chi connectivity index (χ3n) is 3.43. The fraction of sp³-hybridized carbons (Fsp3) is 0.357. The van der Waals surface area contributed by atoms with Crippen LogP contribution in [0.5, 0.6) is 0 Å². The van der Waals surface area contributed by atoms with Gasteiger partial charge in [0.25, 0.3) is 0 Å². The minimum Gasteiger partial charge on any atom is -0.418 e. The standard InChI is InChI=1S/C14H16N2O4/c1-4-15(5-2)10-6-7-11-9(3)13(16(18)19)14(17)20-12(11)8-10/h6-8H,4-5H2,1-3H3. The van der Waals surface area contributed by atoms with E-state index in [1.54, 1.807) is 19.1 Å². The van der Waals surface area contributed by atoms with Crippen molar-refractivity contribution >= 4 is 22.3 Å². The highest BCUT2D eigenvalue weighted by Crippen LogP contribution is 2.27. The average molecular weight is 276 g/mol. The molecule has 0 bridgehead atoms. The van der Waals surface area contributed by atoms with Gasteiger partial charge in [-0.05, 0) is 32.9 Å². The van der Waals surface area contributed by atoms with E-state index in [2.05, 4.69) is 4.90 Å². The number of hydrogen-bond acceptors (Lipinski definition) is 5. The van der Waals surface area contributed by atoms with E-state index in [1.807, 2.05) is 19.9 Å². The first-order chi connectivity index (χ1) is 9.49. The molecule has 0 atom stereocenters. The summed E-state index contributed by atoms with van der Waals surface area (Å²) in [6.07, 6.45) is 0. The quantitative estimate of drug-likeness (QED) is 0.487. The lowest BCUT2D eigenvalue weighted by molar-refractivity contribution is -0.387. The molecule has 0 aliphatic rings. The zero-order valence-corrected chi connectivity index (χ0v) is 11.7. The normalized spacial score (nSPS) is 10.8. The molecular weight excluding hydrogens is 260 g/mol. The van der Waals surface area contributed by atoms with Crippen LogP contribution >= 0.6 is 0 Å². The number of nitro groups is 1. The third-order valence-corrected chi connectivity index (χ3v) is 3.43. The molecule has 20 heavy (non-hydrogen) atoms. The van der Waals surface area contributed by atoms with Gasteiger partial charge >= 0.3 is 11.3 Å². The highest BCUT2D eigenvalue weighted by molar-refractivity contribution is 5.85. The summed E-state index contributed by atoms with van der Waals surface area (Å²) in [5.41, 5.74) is 0.249. The second-order valence-electron chi connectivity index (χ2n) is 4.47. The van der Waals surface area contributed by atoms with Crippen LogP contribution < -0.4 is 10.5 Å². The topological polar surface area (TPSA) is 76.6 Å². The highest BCUT2D eigenvalue weighted by Gasteiger charge is 2.21. The highest BCUT2D eigenvalue weighted by atomic mass is 16.6. The largest absolute Gasteiger partial charge is 0.418 e. The summed E-state index contributed by atoms with van der Waals surface area (Å²) in [6.45, 7) is 7.29. The van der Waals surface area contributed by atoms with E-state index in [0.717, 1.165) is 18.8 Å². The van der Waals surface area contributed by atoms with E-state index < -0.39 is 16.2 Å². The maximum Gasteiger partial charge on any atom is 0.415 e. The van der Waals surface area contributed by atoms with Crippen LogP contribution in [0.3, 0.4) is 0 Å². The molecule has 2 rings (SSSR count). The number of hydrogen-bond donors (Lipinski definition) is 0. The molecule has 0 N–H and O–H groups in total. The van der Waals surface area contributed by atoms with Gasteiger partial charge in [0.05, 0.1) is 4.92 Å². The molecule has 6 nitrogen and oxygen atoms in total. The van der Waals surface area contributed by atoms with E-state index in [-0.39, 0.29) is 0 Å². The number of rotatable bonds is 4. The van der Waals surface area contributed by atoms with Crippen LogP contribution in [-0.2, 0) is 0 Å². The molecule has 1 heterocycles. The third kappa shape index (κ3) is 2.24. The lowest BCUT2D eigenvalue weighted by Crippen LogP contribution is -2.21. The Bertz CT molecular complexity index is 717. The summed E-state index contributed by atoms with van der Waals surface area (Å²) in [5, 5.41) is 11.5. The molecule has 1 aromatic heterocycles. The van der Waals surface area contributed by atoms with Gasteiger partial charge < -0.3 is 9.32 Å². The maximum absolute atomic E-state index is 11.7. The van der Waals surface area contributed by atoms with Gasteiger partial charge in [-0.15, -0.1) is 0 Å². The van der Waals surface area contributed by atoms with E-state index in [0.29, 0.717) is 16.5 Å². The van der Waals surface area contributed by atoms with Crippen LogP contribution in [0.2, 0.25) is 0 Å². The fourth-order valence-electron chi connectivity index (χ4n) is 2.33. The Kier molecular flexibility index (Phi) is 3.74. The number of benzene rings is 1. The Balaban J connectivity index is 2.70. The number of anilines is 1. The minimum atomic E-state index is -0.906. The molecule has 2 aromatic rings. The van der Waals surface area contributed by atoms with Gasteiger partial charge in [0, 0.05) is 35.8 Å². The Morgan fingerprint density at radius 2 is 1.95 bits per heavy atom. The molecule has 0 fully saturated rings. The van der Waals surface area contributed by atoms with Crippen molar-refractivity contribution in [2.24, 2.45) is 0 Å². The Morgan fingerprint density at radius 1 is 1.30 bits per heavy atom. The zero-order valence-electron chi connectivity index (χ0n) is 11.7. The predicted octanol–water partition coefficient (Wildman–Crippen LogP) is 2.86. The van der Waals surface area contributed by atoms with E-state index in [9.17, 15) is 14.9 Å². The van der Waals surface area contributed by atoms with Gasteiger partial charge in [0.15, 0.2) is 0 Å². The van der Waals surface area contributed by atoms with Crippen molar-refractivity contribution in [1.29, 1.82) is 0 Å². The summed E-state index contributed by atoms with van der Waals surface area (Å²) in [6, 6.07) is 5.39. The van der Waals surface area contributed by atoms with Gasteiger partial charge in [-0.3, -0.25) is 10.1 Å². The van der Waals surface area contributed by atoms with Crippen LogP contribution in [0.4, 0.5) is 11.4 Å². The summed E-state index contributed by atoms with van der Waals surface area (Å²) in [7, 11) is 0. The SMILES string of the molecule is CCN(CC)c1ccc2c(C)c([N+](=O)[O-])c(=O)oc2c1. The van der Waals surface area contributed by atoms with Crippen LogP contribution in [-0.4, -0.2) is 18.0 Å². The lowest BCUT2D eigenvalue weighted by atomic mass is 10.1. The second kappa shape index (κ2) is 5.32. The second-order valence-corrected chi connectivity index (χ2v) is 4.47. The van der Waals surface area contributed by atoms with Crippen LogP contribution in [0.15, 0.2) is 27.4 Å². The first kappa shape index (κ1) is 14.0. The number of nitrogens with zero attached hydrogens (tertiary/aromatic N) is 2. The maximum atomic E-state index is 11.7. The zero-order chi connectivity index (χ0) is 14.9. The van der Waals surface area contributed by atoms with E-state index in [4.69, 9.17) is 4.42 Å². The molecule has 0 radical (unpaired) electrons. The van der Waals surface area contributed by atoms with Crippen molar-refractivity contribution in [2.75, 3.05) is 18.0 Å². The van der Waals surface area contributed by atoms with Gasteiger partial charge in [-0.25, -0.2) is 4.79 Å². The molecule has 6 heteroatoms. The molecule has 0 unspecified atom stereocenters. The Labute approximate surface area is 115 Å². The molecule has 0 saturated carbocycles. The molecular formula is C14H16N2O4. The monoisotopic (exact) mass is 276 g/mol. The minimum absolute atomic E-state index is 0.340. The summed E-state index contributed by atoms with van der Waals surface area (Å²) in [5.74, 6) is 0. The molecule has 106 valence electrons. The van der Waals surface area contributed by atoms with E-state index >= 15 is 0 Å². The van der Waals surface area contributed by atoms with Gasteiger partial charge in [-0.2, -0.15) is 0 Å². The summed E-state index contributed by atoms with van der Waals surface area (Å²) >= 11 is 0. The van der Waals surface area contributed by atoms with Crippen LogP contribution in [0, 0.1) is 17.0 Å². The fourth-order valence-corrected chi connectivity index (χ4v) is 2.33. The first-order valence-corrected chi connectivity index (χ1v) is 6.46. The first-order valence-electron chi connectivity index (χ1n) is 6.46. The number of fused-ring (bicyclic) bond motifs is 1.